The van der Waals surface area contributed by atoms with Crippen molar-refractivity contribution in [3.8, 4) is 0 Å². The van der Waals surface area contributed by atoms with Crippen LogP contribution in [0.5, 0.6) is 0 Å². The molecule has 0 aliphatic carbocycles. The van der Waals surface area contributed by atoms with Crippen molar-refractivity contribution in [3.05, 3.63) is 18.3 Å². The average Bonchev–Trinajstić information content (AvgIpc) is 2.34. The first-order valence-corrected chi connectivity index (χ1v) is 5.99. The van der Waals surface area contributed by atoms with E-state index in [0.717, 1.165) is 18.1 Å². The van der Waals surface area contributed by atoms with Gasteiger partial charge in [0.1, 0.15) is 11.9 Å². The average molecular weight is 248 g/mol. The molecule has 1 fully saturated rings. The molecule has 6 heteroatoms. The van der Waals surface area contributed by atoms with E-state index < -0.39 is 0 Å². The van der Waals surface area contributed by atoms with Crippen LogP contribution in [-0.4, -0.2) is 29.4 Å². The van der Waals surface area contributed by atoms with Crippen LogP contribution in [0.25, 0.3) is 0 Å². The summed E-state index contributed by atoms with van der Waals surface area (Å²) in [6, 6.07) is 3.28. The third-order valence-electron chi connectivity index (χ3n) is 2.70. The summed E-state index contributed by atoms with van der Waals surface area (Å²) >= 11 is 0. The molecular formula is C12H16N4O2. The molecule has 1 aliphatic rings. The molecule has 1 atom stereocenters. The van der Waals surface area contributed by atoms with Crippen LogP contribution >= 0.6 is 0 Å². The molecule has 0 radical (unpaired) electrons. The summed E-state index contributed by atoms with van der Waals surface area (Å²) in [6.07, 6.45) is 2.56. The molecule has 1 saturated heterocycles. The van der Waals surface area contributed by atoms with Crippen LogP contribution < -0.4 is 16.0 Å². The predicted octanol–water partition coefficient (Wildman–Crippen LogP) is 0.730. The summed E-state index contributed by atoms with van der Waals surface area (Å²) in [7, 11) is 0. The number of amides is 2. The van der Waals surface area contributed by atoms with Gasteiger partial charge in [0.15, 0.2) is 0 Å². The van der Waals surface area contributed by atoms with Crippen LogP contribution in [0.2, 0.25) is 0 Å². The van der Waals surface area contributed by atoms with E-state index in [0.29, 0.717) is 12.8 Å². The van der Waals surface area contributed by atoms with Gasteiger partial charge in [0.2, 0.25) is 11.8 Å². The number of carbonyl (C=O) groups excluding carboxylic acids is 2. The standard InChI is InChI=1S/C12H16N4O2/c1-2-13-10-7-8(5-6-14-10)15-9-3-4-11(17)16-12(9)18/h5-7,9H,2-4H2,1H3,(H2,13,14,15)(H,16,17,18). The second kappa shape index (κ2) is 5.48. The number of nitrogens with zero attached hydrogens (tertiary/aromatic N) is 1. The zero-order valence-corrected chi connectivity index (χ0v) is 10.2. The number of carbonyl (C=O) groups is 2. The number of piperidine rings is 1. The Morgan fingerprint density at radius 3 is 3.06 bits per heavy atom. The highest BCUT2D eigenvalue weighted by molar-refractivity contribution is 6.01. The van der Waals surface area contributed by atoms with E-state index in [1.807, 2.05) is 13.0 Å². The number of imide groups is 1. The first-order valence-electron chi connectivity index (χ1n) is 5.99. The summed E-state index contributed by atoms with van der Waals surface area (Å²) in [6.45, 7) is 2.77. The molecule has 3 N–H and O–H groups in total. The SMILES string of the molecule is CCNc1cc(NC2CCC(=O)NC2=O)ccn1. The minimum Gasteiger partial charge on any atom is -0.374 e. The first-order chi connectivity index (χ1) is 8.69. The number of pyridine rings is 1. The fraction of sp³-hybridized carbons (Fsp3) is 0.417. The molecule has 1 aromatic rings. The lowest BCUT2D eigenvalue weighted by molar-refractivity contribution is -0.133. The highest BCUT2D eigenvalue weighted by Gasteiger charge is 2.26. The molecule has 1 unspecified atom stereocenters. The topological polar surface area (TPSA) is 83.1 Å². The van der Waals surface area contributed by atoms with Crippen molar-refractivity contribution in [1.29, 1.82) is 0 Å². The summed E-state index contributed by atoms with van der Waals surface area (Å²) < 4.78 is 0. The molecule has 2 heterocycles. The Bertz CT molecular complexity index is 461. The van der Waals surface area contributed by atoms with E-state index in [1.54, 1.807) is 12.3 Å². The highest BCUT2D eigenvalue weighted by atomic mass is 16.2. The van der Waals surface area contributed by atoms with Crippen molar-refractivity contribution < 1.29 is 9.59 Å². The number of rotatable bonds is 4. The van der Waals surface area contributed by atoms with Gasteiger partial charge in [0.25, 0.3) is 0 Å². The number of nitrogens with one attached hydrogen (secondary N) is 3. The van der Waals surface area contributed by atoms with E-state index >= 15 is 0 Å². The molecule has 0 aromatic carbocycles. The molecule has 1 aromatic heterocycles. The summed E-state index contributed by atoms with van der Waals surface area (Å²) in [4.78, 5) is 26.8. The van der Waals surface area contributed by atoms with Crippen molar-refractivity contribution in [2.45, 2.75) is 25.8 Å². The van der Waals surface area contributed by atoms with E-state index in [2.05, 4.69) is 20.9 Å². The molecule has 2 amide bonds. The molecule has 0 saturated carbocycles. The van der Waals surface area contributed by atoms with Gasteiger partial charge in [-0.25, -0.2) is 4.98 Å². The van der Waals surface area contributed by atoms with Gasteiger partial charge in [-0.1, -0.05) is 0 Å². The Labute approximate surface area is 105 Å². The zero-order chi connectivity index (χ0) is 13.0. The summed E-state index contributed by atoms with van der Waals surface area (Å²) in [5.74, 6) is 0.281. The Morgan fingerprint density at radius 2 is 2.33 bits per heavy atom. The van der Waals surface area contributed by atoms with E-state index in [9.17, 15) is 9.59 Å². The second-order valence-corrected chi connectivity index (χ2v) is 4.11. The van der Waals surface area contributed by atoms with Crippen LogP contribution in [-0.2, 0) is 9.59 Å². The van der Waals surface area contributed by atoms with Gasteiger partial charge in [-0.2, -0.15) is 0 Å². The maximum Gasteiger partial charge on any atom is 0.249 e. The van der Waals surface area contributed by atoms with Crippen molar-refractivity contribution in [3.63, 3.8) is 0 Å². The molecule has 0 spiro atoms. The molecule has 2 rings (SSSR count). The smallest absolute Gasteiger partial charge is 0.249 e. The van der Waals surface area contributed by atoms with Gasteiger partial charge < -0.3 is 10.6 Å². The van der Waals surface area contributed by atoms with E-state index in [-0.39, 0.29) is 17.9 Å². The lowest BCUT2D eigenvalue weighted by Gasteiger charge is -2.22. The number of hydrogen-bond acceptors (Lipinski definition) is 5. The van der Waals surface area contributed by atoms with Crippen LogP contribution in [0.3, 0.4) is 0 Å². The largest absolute Gasteiger partial charge is 0.374 e. The quantitative estimate of drug-likeness (QED) is 0.684. The van der Waals surface area contributed by atoms with Gasteiger partial charge >= 0.3 is 0 Å². The number of hydrogen-bond donors (Lipinski definition) is 3. The van der Waals surface area contributed by atoms with E-state index in [1.165, 1.54) is 0 Å². The maximum absolute atomic E-state index is 11.6. The minimum atomic E-state index is -0.362. The Morgan fingerprint density at radius 1 is 1.50 bits per heavy atom. The second-order valence-electron chi connectivity index (χ2n) is 4.11. The molecule has 0 bridgehead atoms. The van der Waals surface area contributed by atoms with E-state index in [4.69, 9.17) is 0 Å². The van der Waals surface area contributed by atoms with Crippen molar-refractivity contribution in [2.75, 3.05) is 17.2 Å². The van der Waals surface area contributed by atoms with Crippen LogP contribution in [0.1, 0.15) is 19.8 Å². The van der Waals surface area contributed by atoms with Crippen molar-refractivity contribution in [1.82, 2.24) is 10.3 Å². The van der Waals surface area contributed by atoms with Gasteiger partial charge in [0.05, 0.1) is 0 Å². The summed E-state index contributed by atoms with van der Waals surface area (Å²) in [5.41, 5.74) is 0.815. The third kappa shape index (κ3) is 2.97. The van der Waals surface area contributed by atoms with Crippen LogP contribution in [0.15, 0.2) is 18.3 Å². The highest BCUT2D eigenvalue weighted by Crippen LogP contribution is 2.16. The Balaban J connectivity index is 2.02. The molecule has 1 aliphatic heterocycles. The van der Waals surface area contributed by atoms with Gasteiger partial charge in [-0.05, 0) is 19.4 Å². The fourth-order valence-electron chi connectivity index (χ4n) is 1.83. The molecule has 18 heavy (non-hydrogen) atoms. The third-order valence-corrected chi connectivity index (χ3v) is 2.70. The van der Waals surface area contributed by atoms with Gasteiger partial charge in [-0.15, -0.1) is 0 Å². The monoisotopic (exact) mass is 248 g/mol. The summed E-state index contributed by atoms with van der Waals surface area (Å²) in [5, 5.41) is 8.52. The minimum absolute atomic E-state index is 0.207. The Kier molecular flexibility index (Phi) is 3.76. The normalized spacial score (nSPS) is 19.3. The lowest BCUT2D eigenvalue weighted by atomic mass is 10.1. The van der Waals surface area contributed by atoms with Crippen molar-refractivity contribution in [2.24, 2.45) is 0 Å². The zero-order valence-electron chi connectivity index (χ0n) is 10.2. The van der Waals surface area contributed by atoms with Gasteiger partial charge in [0, 0.05) is 30.9 Å². The van der Waals surface area contributed by atoms with Crippen LogP contribution in [0.4, 0.5) is 11.5 Å². The lowest BCUT2D eigenvalue weighted by Crippen LogP contribution is -2.47. The van der Waals surface area contributed by atoms with Crippen molar-refractivity contribution >= 4 is 23.3 Å². The molecule has 6 nitrogen and oxygen atoms in total. The fourth-order valence-corrected chi connectivity index (χ4v) is 1.83. The van der Waals surface area contributed by atoms with Gasteiger partial charge in [-0.3, -0.25) is 14.9 Å². The first kappa shape index (κ1) is 12.3. The predicted molar refractivity (Wildman–Crippen MR) is 68.2 cm³/mol. The molecular weight excluding hydrogens is 232 g/mol. The number of aromatic nitrogens is 1. The molecule has 96 valence electrons. The maximum atomic E-state index is 11.6. The number of anilines is 2. The van der Waals surface area contributed by atoms with Crippen LogP contribution in [0, 0.1) is 0 Å². The Hall–Kier alpha value is -2.11.